The maximum Gasteiger partial charge on any atom is 0.272 e. The number of morpholine rings is 1. The molecule has 0 aliphatic carbocycles. The molecule has 0 N–H and O–H groups in total. The van der Waals surface area contributed by atoms with Crippen molar-refractivity contribution in [2.75, 3.05) is 52.0 Å². The van der Waals surface area contributed by atoms with Gasteiger partial charge in [-0.1, -0.05) is 0 Å². The lowest BCUT2D eigenvalue weighted by atomic mass is 9.98. The van der Waals surface area contributed by atoms with E-state index in [-0.39, 0.29) is 5.91 Å². The zero-order chi connectivity index (χ0) is 19.5. The van der Waals surface area contributed by atoms with Crippen LogP contribution < -0.4 is 14.4 Å². The van der Waals surface area contributed by atoms with E-state index in [1.165, 1.54) is 11.1 Å². The number of aromatic nitrogens is 1. The predicted molar refractivity (Wildman–Crippen MR) is 105 cm³/mol. The van der Waals surface area contributed by atoms with Crippen LogP contribution in [0, 0.1) is 0 Å². The number of nitrogens with zero attached hydrogens (tertiary/aromatic N) is 3. The number of carbonyl (C=O) groups is 1. The van der Waals surface area contributed by atoms with Crippen LogP contribution in [0.2, 0.25) is 0 Å². The van der Waals surface area contributed by atoms with Crippen LogP contribution in [0.15, 0.2) is 30.5 Å². The van der Waals surface area contributed by atoms with Crippen molar-refractivity contribution in [2.45, 2.75) is 13.0 Å². The number of ether oxygens (including phenoxy) is 3. The van der Waals surface area contributed by atoms with Gasteiger partial charge in [0.25, 0.3) is 5.91 Å². The normalized spacial score (nSPS) is 16.5. The first-order chi connectivity index (χ1) is 13.7. The summed E-state index contributed by atoms with van der Waals surface area (Å²) < 4.78 is 16.2. The fraction of sp³-hybridized carbons (Fsp3) is 0.429. The second-order valence-corrected chi connectivity index (χ2v) is 6.95. The van der Waals surface area contributed by atoms with Gasteiger partial charge in [0.15, 0.2) is 11.5 Å². The highest BCUT2D eigenvalue weighted by atomic mass is 16.5. The van der Waals surface area contributed by atoms with Gasteiger partial charge in [-0.15, -0.1) is 0 Å². The van der Waals surface area contributed by atoms with Gasteiger partial charge in [-0.3, -0.25) is 9.78 Å². The molecule has 1 aromatic carbocycles. The summed E-state index contributed by atoms with van der Waals surface area (Å²) in [7, 11) is 3.31. The molecule has 0 unspecified atom stereocenters. The lowest BCUT2D eigenvalue weighted by Crippen LogP contribution is -2.41. The molecule has 7 nitrogen and oxygen atoms in total. The Kier molecular flexibility index (Phi) is 5.34. The number of pyridine rings is 1. The monoisotopic (exact) mass is 383 g/mol. The number of methoxy groups -OCH3 is 2. The maximum atomic E-state index is 12.7. The van der Waals surface area contributed by atoms with E-state index >= 15 is 0 Å². The van der Waals surface area contributed by atoms with E-state index in [4.69, 9.17) is 14.2 Å². The number of fused-ring (bicyclic) bond motifs is 1. The predicted octanol–water partition coefficient (Wildman–Crippen LogP) is 2.13. The molecule has 3 heterocycles. The third-order valence-electron chi connectivity index (χ3n) is 5.34. The van der Waals surface area contributed by atoms with Crippen molar-refractivity contribution < 1.29 is 19.0 Å². The Morgan fingerprint density at radius 3 is 2.46 bits per heavy atom. The zero-order valence-electron chi connectivity index (χ0n) is 16.3. The topological polar surface area (TPSA) is 64.1 Å². The van der Waals surface area contributed by atoms with Crippen molar-refractivity contribution in [1.29, 1.82) is 0 Å². The van der Waals surface area contributed by atoms with Crippen molar-refractivity contribution in [3.05, 3.63) is 47.3 Å². The summed E-state index contributed by atoms with van der Waals surface area (Å²) in [4.78, 5) is 21.1. The first-order valence-electron chi connectivity index (χ1n) is 9.51. The third-order valence-corrected chi connectivity index (χ3v) is 5.34. The third kappa shape index (κ3) is 3.62. The SMILES string of the molecule is COc1cc2c(cc1OC)CN(c1ccnc(C(=O)N3CCOCC3)c1)CC2. The first-order valence-corrected chi connectivity index (χ1v) is 9.51. The van der Waals surface area contributed by atoms with Gasteiger partial charge >= 0.3 is 0 Å². The lowest BCUT2D eigenvalue weighted by molar-refractivity contribution is 0.0299. The molecular formula is C21H25N3O4. The minimum atomic E-state index is -0.0334. The van der Waals surface area contributed by atoms with Gasteiger partial charge < -0.3 is 24.0 Å². The fourth-order valence-electron chi connectivity index (χ4n) is 3.77. The molecule has 0 saturated carbocycles. The van der Waals surface area contributed by atoms with Gasteiger partial charge in [-0.25, -0.2) is 0 Å². The van der Waals surface area contributed by atoms with E-state index in [1.807, 2.05) is 18.2 Å². The summed E-state index contributed by atoms with van der Waals surface area (Å²) in [5, 5.41) is 0. The van der Waals surface area contributed by atoms with E-state index in [2.05, 4.69) is 16.0 Å². The molecule has 2 aromatic rings. The Labute approximate surface area is 164 Å². The molecule has 148 valence electrons. The standard InChI is InChI=1S/C21H25N3O4/c1-26-19-11-15-4-6-24(14-16(15)12-20(19)27-2)17-3-5-22-18(13-17)21(25)23-7-9-28-10-8-23/h3,5,11-13H,4,6-10,14H2,1-2H3. The molecule has 1 amide bonds. The maximum absolute atomic E-state index is 12.7. The quantitative estimate of drug-likeness (QED) is 0.806. The van der Waals surface area contributed by atoms with Crippen LogP contribution in [0.25, 0.3) is 0 Å². The molecule has 0 spiro atoms. The average molecular weight is 383 g/mol. The number of hydrogen-bond donors (Lipinski definition) is 0. The number of anilines is 1. The zero-order valence-corrected chi connectivity index (χ0v) is 16.3. The molecule has 4 rings (SSSR count). The van der Waals surface area contributed by atoms with E-state index in [0.717, 1.165) is 36.7 Å². The van der Waals surface area contributed by atoms with Gasteiger partial charge in [0, 0.05) is 38.1 Å². The molecule has 1 aromatic heterocycles. The summed E-state index contributed by atoms with van der Waals surface area (Å²) >= 11 is 0. The number of hydrogen-bond acceptors (Lipinski definition) is 6. The van der Waals surface area contributed by atoms with E-state index < -0.39 is 0 Å². The fourth-order valence-corrected chi connectivity index (χ4v) is 3.77. The highest BCUT2D eigenvalue weighted by Crippen LogP contribution is 2.34. The smallest absolute Gasteiger partial charge is 0.272 e. The number of carbonyl (C=O) groups excluding carboxylic acids is 1. The van der Waals surface area contributed by atoms with Crippen LogP contribution in [0.5, 0.6) is 11.5 Å². The van der Waals surface area contributed by atoms with Crippen molar-refractivity contribution in [1.82, 2.24) is 9.88 Å². The largest absolute Gasteiger partial charge is 0.493 e. The van der Waals surface area contributed by atoms with Gasteiger partial charge in [-0.2, -0.15) is 0 Å². The van der Waals surface area contributed by atoms with Crippen molar-refractivity contribution in [2.24, 2.45) is 0 Å². The van der Waals surface area contributed by atoms with Gasteiger partial charge in [0.05, 0.1) is 27.4 Å². The molecule has 2 aliphatic rings. The Morgan fingerprint density at radius 2 is 1.75 bits per heavy atom. The second kappa shape index (κ2) is 8.06. The first kappa shape index (κ1) is 18.6. The summed E-state index contributed by atoms with van der Waals surface area (Å²) in [6.07, 6.45) is 2.62. The van der Waals surface area contributed by atoms with Crippen LogP contribution in [0.4, 0.5) is 5.69 Å². The van der Waals surface area contributed by atoms with Crippen LogP contribution in [-0.4, -0.2) is 62.9 Å². The molecule has 2 aliphatic heterocycles. The Hall–Kier alpha value is -2.80. The summed E-state index contributed by atoms with van der Waals surface area (Å²) in [6, 6.07) is 7.96. The van der Waals surface area contributed by atoms with Crippen LogP contribution in [0.1, 0.15) is 21.6 Å². The lowest BCUT2D eigenvalue weighted by Gasteiger charge is -2.32. The van der Waals surface area contributed by atoms with Gasteiger partial charge in [0.2, 0.25) is 0 Å². The molecule has 0 bridgehead atoms. The molecule has 1 fully saturated rings. The highest BCUT2D eigenvalue weighted by molar-refractivity contribution is 5.93. The van der Waals surface area contributed by atoms with E-state index in [0.29, 0.717) is 32.0 Å². The Bertz CT molecular complexity index is 865. The van der Waals surface area contributed by atoms with Crippen LogP contribution >= 0.6 is 0 Å². The summed E-state index contributed by atoms with van der Waals surface area (Å²) in [6.45, 7) is 4.02. The second-order valence-electron chi connectivity index (χ2n) is 6.95. The van der Waals surface area contributed by atoms with Crippen molar-refractivity contribution >= 4 is 11.6 Å². The molecular weight excluding hydrogens is 358 g/mol. The highest BCUT2D eigenvalue weighted by Gasteiger charge is 2.23. The number of benzene rings is 1. The minimum absolute atomic E-state index is 0.0334. The Morgan fingerprint density at radius 1 is 1.04 bits per heavy atom. The minimum Gasteiger partial charge on any atom is -0.493 e. The van der Waals surface area contributed by atoms with E-state index in [9.17, 15) is 4.79 Å². The van der Waals surface area contributed by atoms with Crippen LogP contribution in [-0.2, 0) is 17.7 Å². The Balaban J connectivity index is 1.55. The van der Waals surface area contributed by atoms with Crippen molar-refractivity contribution in [3.8, 4) is 11.5 Å². The number of rotatable bonds is 4. The van der Waals surface area contributed by atoms with Gasteiger partial charge in [0.1, 0.15) is 5.69 Å². The van der Waals surface area contributed by atoms with Gasteiger partial charge in [-0.05, 0) is 41.8 Å². The van der Waals surface area contributed by atoms with Crippen LogP contribution in [0.3, 0.4) is 0 Å². The molecule has 0 atom stereocenters. The summed E-state index contributed by atoms with van der Waals surface area (Å²) in [5.74, 6) is 1.46. The molecule has 0 radical (unpaired) electrons. The molecule has 7 heteroatoms. The average Bonchev–Trinajstić information content (AvgIpc) is 2.77. The molecule has 1 saturated heterocycles. The van der Waals surface area contributed by atoms with Crippen molar-refractivity contribution in [3.63, 3.8) is 0 Å². The number of amides is 1. The van der Waals surface area contributed by atoms with E-state index in [1.54, 1.807) is 25.3 Å². The summed E-state index contributed by atoms with van der Waals surface area (Å²) in [5.41, 5.74) is 3.97. The molecule has 28 heavy (non-hydrogen) atoms.